The third-order valence-corrected chi connectivity index (χ3v) is 3.64. The fraction of sp³-hybridized carbons (Fsp3) is 0.500. The molecule has 0 aliphatic carbocycles. The van der Waals surface area contributed by atoms with Gasteiger partial charge >= 0.3 is 0 Å². The number of nitrogens with zero attached hydrogens (tertiary/aromatic N) is 4. The van der Waals surface area contributed by atoms with Crippen LogP contribution < -0.4 is 5.32 Å². The molecule has 2 aromatic rings. The number of aromatic nitrogens is 4. The summed E-state index contributed by atoms with van der Waals surface area (Å²) in [5.41, 5.74) is 1.23. The third-order valence-electron chi connectivity index (χ3n) is 2.83. The summed E-state index contributed by atoms with van der Waals surface area (Å²) in [6.45, 7) is 6.00. The molecule has 6 heteroatoms. The van der Waals surface area contributed by atoms with E-state index in [9.17, 15) is 0 Å². The minimum Gasteiger partial charge on any atom is -0.323 e. The first-order chi connectivity index (χ1) is 7.75. The summed E-state index contributed by atoms with van der Waals surface area (Å²) in [5.74, 6) is 1.77. The molecular formula is C10H13N5S. The molecule has 1 aliphatic rings. The first-order valence-corrected chi connectivity index (χ1v) is 6.12. The molecule has 3 rings (SSSR count). The second-order valence-electron chi connectivity index (χ2n) is 3.98. The highest BCUT2D eigenvalue weighted by Gasteiger charge is 2.21. The zero-order valence-corrected chi connectivity index (χ0v) is 10.1. The van der Waals surface area contributed by atoms with Crippen LogP contribution in [0.3, 0.4) is 0 Å². The molecule has 84 valence electrons. The Labute approximate surface area is 97.7 Å². The maximum Gasteiger partial charge on any atom is 0.179 e. The fourth-order valence-corrected chi connectivity index (χ4v) is 2.70. The van der Waals surface area contributed by atoms with Gasteiger partial charge in [-0.2, -0.15) is 4.37 Å². The third kappa shape index (κ3) is 1.45. The Balaban J connectivity index is 2.09. The smallest absolute Gasteiger partial charge is 0.179 e. The summed E-state index contributed by atoms with van der Waals surface area (Å²) in [5, 5.41) is 4.33. The van der Waals surface area contributed by atoms with E-state index in [1.807, 2.05) is 13.1 Å². The van der Waals surface area contributed by atoms with Gasteiger partial charge in [0, 0.05) is 19.1 Å². The summed E-state index contributed by atoms with van der Waals surface area (Å²) in [6.07, 6.45) is 1.93. The van der Waals surface area contributed by atoms with Crippen molar-refractivity contribution in [1.29, 1.82) is 0 Å². The molecule has 1 atom stereocenters. The van der Waals surface area contributed by atoms with E-state index in [1.54, 1.807) is 0 Å². The molecule has 16 heavy (non-hydrogen) atoms. The van der Waals surface area contributed by atoms with Gasteiger partial charge in [-0.15, -0.1) is 0 Å². The number of rotatable bonds is 1. The van der Waals surface area contributed by atoms with E-state index in [0.29, 0.717) is 6.04 Å². The van der Waals surface area contributed by atoms with Crippen LogP contribution in [-0.4, -0.2) is 25.5 Å². The van der Waals surface area contributed by atoms with Gasteiger partial charge in [0.1, 0.15) is 5.82 Å². The molecule has 3 heterocycles. The molecule has 5 nitrogen and oxygen atoms in total. The Morgan fingerprint density at radius 3 is 3.19 bits per heavy atom. The molecule has 0 unspecified atom stereocenters. The quantitative estimate of drug-likeness (QED) is 0.811. The monoisotopic (exact) mass is 235 g/mol. The van der Waals surface area contributed by atoms with Crippen LogP contribution in [0.5, 0.6) is 0 Å². The van der Waals surface area contributed by atoms with Crippen molar-refractivity contribution in [1.82, 2.24) is 24.2 Å². The minimum absolute atomic E-state index is 0.365. The second-order valence-corrected chi connectivity index (χ2v) is 4.73. The number of imidazole rings is 1. The van der Waals surface area contributed by atoms with Gasteiger partial charge in [0.15, 0.2) is 10.8 Å². The van der Waals surface area contributed by atoms with Crippen LogP contribution >= 0.6 is 11.5 Å². The highest BCUT2D eigenvalue weighted by Crippen LogP contribution is 2.26. The van der Waals surface area contributed by atoms with E-state index in [4.69, 9.17) is 0 Å². The zero-order chi connectivity index (χ0) is 11.1. The average molecular weight is 235 g/mol. The average Bonchev–Trinajstić information content (AvgIpc) is 2.84. The fourth-order valence-electron chi connectivity index (χ4n) is 2.03. The van der Waals surface area contributed by atoms with E-state index in [-0.39, 0.29) is 0 Å². The molecule has 0 saturated carbocycles. The van der Waals surface area contributed by atoms with Crippen molar-refractivity contribution in [2.24, 2.45) is 0 Å². The van der Waals surface area contributed by atoms with Crippen LogP contribution in [0.4, 0.5) is 0 Å². The van der Waals surface area contributed by atoms with Crippen LogP contribution in [-0.2, 0) is 6.54 Å². The first-order valence-electron chi connectivity index (χ1n) is 5.35. The molecule has 2 aromatic heterocycles. The van der Waals surface area contributed by atoms with Gasteiger partial charge in [-0.25, -0.2) is 9.97 Å². The topological polar surface area (TPSA) is 55.6 Å². The van der Waals surface area contributed by atoms with Crippen LogP contribution in [0, 0.1) is 6.92 Å². The van der Waals surface area contributed by atoms with Gasteiger partial charge in [-0.1, -0.05) is 0 Å². The molecule has 1 aliphatic heterocycles. The lowest BCUT2D eigenvalue weighted by Crippen LogP contribution is -2.31. The summed E-state index contributed by atoms with van der Waals surface area (Å²) in [6, 6.07) is 0.365. The lowest BCUT2D eigenvalue weighted by atomic mass is 10.2. The molecule has 0 radical (unpaired) electrons. The van der Waals surface area contributed by atoms with E-state index in [1.165, 1.54) is 17.2 Å². The number of hydrogen-bond donors (Lipinski definition) is 1. The maximum atomic E-state index is 4.46. The highest BCUT2D eigenvalue weighted by atomic mass is 32.1. The van der Waals surface area contributed by atoms with Crippen molar-refractivity contribution in [2.45, 2.75) is 26.4 Å². The second kappa shape index (κ2) is 3.64. The number of aryl methyl sites for hydroxylation is 1. The zero-order valence-electron chi connectivity index (χ0n) is 9.27. The van der Waals surface area contributed by atoms with Crippen LogP contribution in [0.2, 0.25) is 0 Å². The Morgan fingerprint density at radius 2 is 2.44 bits per heavy atom. The summed E-state index contributed by atoms with van der Waals surface area (Å²) < 4.78 is 6.44. The summed E-state index contributed by atoms with van der Waals surface area (Å²) in [7, 11) is 0. The molecule has 1 N–H and O–H groups in total. The Hall–Kier alpha value is -1.27. The van der Waals surface area contributed by atoms with Gasteiger partial charge in [0.05, 0.1) is 11.9 Å². The predicted octanol–water partition coefficient (Wildman–Crippen LogP) is 1.37. The highest BCUT2D eigenvalue weighted by molar-refractivity contribution is 7.09. The Kier molecular flexibility index (Phi) is 2.26. The summed E-state index contributed by atoms with van der Waals surface area (Å²) >= 11 is 1.42. The molecule has 0 amide bonds. The van der Waals surface area contributed by atoms with E-state index >= 15 is 0 Å². The first kappa shape index (κ1) is 9.92. The van der Waals surface area contributed by atoms with Gasteiger partial charge in [-0.3, -0.25) is 0 Å². The van der Waals surface area contributed by atoms with Crippen LogP contribution in [0.15, 0.2) is 6.20 Å². The van der Waals surface area contributed by atoms with Gasteiger partial charge in [-0.05, 0) is 25.4 Å². The van der Waals surface area contributed by atoms with Crippen molar-refractivity contribution in [2.75, 3.05) is 6.54 Å². The Bertz CT molecular complexity index is 515. The lowest BCUT2D eigenvalue weighted by molar-refractivity contribution is 0.451. The van der Waals surface area contributed by atoms with Gasteiger partial charge in [0.2, 0.25) is 0 Å². The minimum atomic E-state index is 0.365. The molecule has 0 saturated heterocycles. The molecule has 0 spiro atoms. The summed E-state index contributed by atoms with van der Waals surface area (Å²) in [4.78, 5) is 8.85. The molecule has 0 fully saturated rings. The van der Waals surface area contributed by atoms with Gasteiger partial charge in [0.25, 0.3) is 0 Å². The van der Waals surface area contributed by atoms with Crippen LogP contribution in [0.1, 0.15) is 24.5 Å². The standard InChI is InChI=1S/C10H13N5S/c1-6-8-5-12-9(15(8)4-3-11-6)10-13-7(2)14-16-10/h5-6,11H,3-4H2,1-2H3/t6-/m0/s1. The maximum absolute atomic E-state index is 4.46. The van der Waals surface area contributed by atoms with E-state index in [0.717, 1.165) is 29.7 Å². The van der Waals surface area contributed by atoms with Crippen molar-refractivity contribution in [3.63, 3.8) is 0 Å². The number of nitrogens with one attached hydrogen (secondary N) is 1. The van der Waals surface area contributed by atoms with Gasteiger partial charge < -0.3 is 9.88 Å². The SMILES string of the molecule is Cc1nsc(-c2ncc3n2CCN[C@H]3C)n1. The van der Waals surface area contributed by atoms with Crippen molar-refractivity contribution in [3.05, 3.63) is 17.7 Å². The molecule has 0 aromatic carbocycles. The van der Waals surface area contributed by atoms with Crippen LogP contribution in [0.25, 0.3) is 10.8 Å². The normalized spacial score (nSPS) is 19.8. The van der Waals surface area contributed by atoms with E-state index < -0.39 is 0 Å². The Morgan fingerprint density at radius 1 is 1.56 bits per heavy atom. The largest absolute Gasteiger partial charge is 0.323 e. The molecular weight excluding hydrogens is 222 g/mol. The lowest BCUT2D eigenvalue weighted by Gasteiger charge is -2.23. The number of hydrogen-bond acceptors (Lipinski definition) is 5. The molecule has 0 bridgehead atoms. The van der Waals surface area contributed by atoms with Crippen molar-refractivity contribution >= 4 is 11.5 Å². The van der Waals surface area contributed by atoms with Crippen molar-refractivity contribution in [3.8, 4) is 10.8 Å². The number of fused-ring (bicyclic) bond motifs is 1. The van der Waals surface area contributed by atoms with E-state index in [2.05, 4.69) is 31.1 Å². The van der Waals surface area contributed by atoms with Crippen molar-refractivity contribution < 1.29 is 0 Å². The predicted molar refractivity (Wildman–Crippen MR) is 62.3 cm³/mol.